The Balaban J connectivity index is 1.38. The van der Waals surface area contributed by atoms with E-state index in [1.54, 1.807) is 0 Å². The largest absolute Gasteiger partial charge is 0.493 e. The molecule has 0 atom stereocenters. The molecular weight excluding hydrogens is 352 g/mol. The van der Waals surface area contributed by atoms with Crippen molar-refractivity contribution in [2.24, 2.45) is 0 Å². The van der Waals surface area contributed by atoms with Gasteiger partial charge < -0.3 is 19.3 Å². The van der Waals surface area contributed by atoms with Crippen molar-refractivity contribution < 1.29 is 14.3 Å². The summed E-state index contributed by atoms with van der Waals surface area (Å²) in [7, 11) is 0. The highest BCUT2D eigenvalue weighted by atomic mass is 16.5. The lowest BCUT2D eigenvalue weighted by Crippen LogP contribution is -2.49. The molecule has 1 saturated heterocycles. The highest BCUT2D eigenvalue weighted by Crippen LogP contribution is 2.41. The van der Waals surface area contributed by atoms with Crippen molar-refractivity contribution in [2.45, 2.75) is 26.7 Å². The Labute approximate surface area is 165 Å². The number of hydrogen-bond acceptors (Lipinski definition) is 4. The van der Waals surface area contributed by atoms with E-state index in [4.69, 9.17) is 9.47 Å². The van der Waals surface area contributed by atoms with E-state index in [1.165, 1.54) is 16.8 Å². The molecule has 0 aliphatic carbocycles. The van der Waals surface area contributed by atoms with Crippen molar-refractivity contribution in [3.8, 4) is 11.5 Å². The molecule has 0 N–H and O–H groups in total. The number of piperazine rings is 1. The minimum Gasteiger partial charge on any atom is -0.493 e. The zero-order valence-corrected chi connectivity index (χ0v) is 16.6. The molecule has 3 heterocycles. The third-order valence-corrected chi connectivity index (χ3v) is 6.35. The number of anilines is 1. The van der Waals surface area contributed by atoms with Crippen molar-refractivity contribution in [1.29, 1.82) is 0 Å². The summed E-state index contributed by atoms with van der Waals surface area (Å²) in [6, 6.07) is 8.52. The first kappa shape index (κ1) is 17.4. The summed E-state index contributed by atoms with van der Waals surface area (Å²) in [6.07, 6.45) is 1.64. The molecule has 1 fully saturated rings. The van der Waals surface area contributed by atoms with Crippen LogP contribution < -0.4 is 14.4 Å². The first-order valence-electron chi connectivity index (χ1n) is 10.2. The van der Waals surface area contributed by atoms with Crippen LogP contribution in [0.2, 0.25) is 0 Å². The van der Waals surface area contributed by atoms with Crippen molar-refractivity contribution in [2.75, 3.05) is 44.3 Å². The SMILES string of the molecule is Cc1cccc(N2CCN(C(=O)c3c4c(cc5c3OCC5)OCC4)CC2)c1C. The van der Waals surface area contributed by atoms with E-state index < -0.39 is 0 Å². The van der Waals surface area contributed by atoms with Gasteiger partial charge in [0.2, 0.25) is 0 Å². The quantitative estimate of drug-likeness (QED) is 0.805. The van der Waals surface area contributed by atoms with Crippen LogP contribution in [0.25, 0.3) is 0 Å². The molecule has 0 bridgehead atoms. The van der Waals surface area contributed by atoms with Crippen LogP contribution in [0.3, 0.4) is 0 Å². The molecule has 2 aromatic rings. The van der Waals surface area contributed by atoms with Gasteiger partial charge in [-0.05, 0) is 37.1 Å². The summed E-state index contributed by atoms with van der Waals surface area (Å²) < 4.78 is 11.6. The van der Waals surface area contributed by atoms with Gasteiger partial charge in [0.05, 0.1) is 18.8 Å². The third-order valence-electron chi connectivity index (χ3n) is 6.35. The predicted molar refractivity (Wildman–Crippen MR) is 109 cm³/mol. The lowest BCUT2D eigenvalue weighted by Gasteiger charge is -2.37. The van der Waals surface area contributed by atoms with E-state index in [2.05, 4.69) is 43.0 Å². The number of hydrogen-bond donors (Lipinski definition) is 0. The summed E-state index contributed by atoms with van der Waals surface area (Å²) in [5.74, 6) is 1.77. The van der Waals surface area contributed by atoms with Gasteiger partial charge in [0.1, 0.15) is 11.5 Å². The molecular formula is C23H26N2O3. The fraction of sp³-hybridized carbons (Fsp3) is 0.435. The van der Waals surface area contributed by atoms with Gasteiger partial charge in [-0.15, -0.1) is 0 Å². The molecule has 0 spiro atoms. The first-order chi connectivity index (χ1) is 13.6. The Morgan fingerprint density at radius 1 is 1.00 bits per heavy atom. The van der Waals surface area contributed by atoms with Crippen molar-refractivity contribution in [1.82, 2.24) is 4.90 Å². The maximum Gasteiger partial charge on any atom is 0.258 e. The molecule has 146 valence electrons. The second kappa shape index (κ2) is 6.73. The molecule has 0 aromatic heterocycles. The summed E-state index contributed by atoms with van der Waals surface area (Å²) in [5.41, 5.74) is 6.81. The van der Waals surface area contributed by atoms with E-state index in [0.717, 1.165) is 67.2 Å². The summed E-state index contributed by atoms with van der Waals surface area (Å²) in [4.78, 5) is 17.8. The molecule has 5 nitrogen and oxygen atoms in total. The van der Waals surface area contributed by atoms with Gasteiger partial charge in [-0.3, -0.25) is 4.79 Å². The summed E-state index contributed by atoms with van der Waals surface area (Å²) in [6.45, 7) is 8.79. The number of amides is 1. The normalized spacial score (nSPS) is 17.8. The second-order valence-corrected chi connectivity index (χ2v) is 7.91. The number of carbonyl (C=O) groups is 1. The standard InChI is InChI=1S/C23H26N2O3/c1-15-4-3-5-19(16(15)2)24-8-10-25(11-9-24)23(26)21-18-7-13-27-20(18)14-17-6-12-28-22(17)21/h3-5,14H,6-13H2,1-2H3. The first-order valence-corrected chi connectivity index (χ1v) is 10.2. The Morgan fingerprint density at radius 2 is 1.79 bits per heavy atom. The maximum atomic E-state index is 13.5. The second-order valence-electron chi connectivity index (χ2n) is 7.91. The van der Waals surface area contributed by atoms with Crippen LogP contribution in [-0.2, 0) is 12.8 Å². The van der Waals surface area contributed by atoms with Crippen molar-refractivity contribution in [3.63, 3.8) is 0 Å². The molecule has 0 radical (unpaired) electrons. The molecule has 3 aliphatic heterocycles. The fourth-order valence-corrected chi connectivity index (χ4v) is 4.60. The average Bonchev–Trinajstić information content (AvgIpc) is 3.37. The predicted octanol–water partition coefficient (Wildman–Crippen LogP) is 3.14. The number of nitrogens with zero attached hydrogens (tertiary/aromatic N) is 2. The van der Waals surface area contributed by atoms with E-state index in [-0.39, 0.29) is 5.91 Å². The lowest BCUT2D eigenvalue weighted by molar-refractivity contribution is 0.0742. The molecule has 0 saturated carbocycles. The summed E-state index contributed by atoms with van der Waals surface area (Å²) >= 11 is 0. The Morgan fingerprint density at radius 3 is 2.61 bits per heavy atom. The number of rotatable bonds is 2. The van der Waals surface area contributed by atoms with Crippen molar-refractivity contribution >= 4 is 11.6 Å². The zero-order valence-electron chi connectivity index (χ0n) is 16.6. The lowest BCUT2D eigenvalue weighted by atomic mass is 9.98. The molecule has 5 heteroatoms. The van der Waals surface area contributed by atoms with E-state index in [9.17, 15) is 4.79 Å². The van der Waals surface area contributed by atoms with E-state index in [1.807, 2.05) is 4.90 Å². The number of benzene rings is 2. The molecule has 3 aliphatic rings. The number of carbonyl (C=O) groups excluding carboxylic acids is 1. The van der Waals surface area contributed by atoms with Crippen molar-refractivity contribution in [3.05, 3.63) is 52.1 Å². The van der Waals surface area contributed by atoms with Gasteiger partial charge in [-0.1, -0.05) is 12.1 Å². The van der Waals surface area contributed by atoms with Crippen LogP contribution in [-0.4, -0.2) is 50.2 Å². The fourth-order valence-electron chi connectivity index (χ4n) is 4.60. The van der Waals surface area contributed by atoms with Crippen LogP contribution >= 0.6 is 0 Å². The summed E-state index contributed by atoms with van der Waals surface area (Å²) in [5, 5.41) is 0. The molecule has 28 heavy (non-hydrogen) atoms. The van der Waals surface area contributed by atoms with Gasteiger partial charge in [0.15, 0.2) is 0 Å². The Hall–Kier alpha value is -2.69. The maximum absolute atomic E-state index is 13.5. The van der Waals surface area contributed by atoms with Gasteiger partial charge >= 0.3 is 0 Å². The third kappa shape index (κ3) is 2.72. The van der Waals surface area contributed by atoms with Crippen LogP contribution in [0.15, 0.2) is 24.3 Å². The number of fused-ring (bicyclic) bond motifs is 2. The number of aryl methyl sites for hydroxylation is 1. The minimum absolute atomic E-state index is 0.0983. The van der Waals surface area contributed by atoms with E-state index >= 15 is 0 Å². The Kier molecular flexibility index (Phi) is 4.18. The number of ether oxygens (including phenoxy) is 2. The van der Waals surface area contributed by atoms with Crippen LogP contribution in [0.4, 0.5) is 5.69 Å². The molecule has 1 amide bonds. The van der Waals surface area contributed by atoms with Crippen LogP contribution in [0.1, 0.15) is 32.6 Å². The zero-order chi connectivity index (χ0) is 19.3. The molecule has 5 rings (SSSR count). The molecule has 0 unspecified atom stereocenters. The highest BCUT2D eigenvalue weighted by Gasteiger charge is 2.33. The topological polar surface area (TPSA) is 42.0 Å². The highest BCUT2D eigenvalue weighted by molar-refractivity contribution is 6.00. The Bertz CT molecular complexity index is 913. The smallest absolute Gasteiger partial charge is 0.258 e. The van der Waals surface area contributed by atoms with Gasteiger partial charge in [0.25, 0.3) is 5.91 Å². The van der Waals surface area contributed by atoms with Crippen LogP contribution in [0.5, 0.6) is 11.5 Å². The monoisotopic (exact) mass is 378 g/mol. The van der Waals surface area contributed by atoms with E-state index in [0.29, 0.717) is 13.2 Å². The van der Waals surface area contributed by atoms with Gasteiger partial charge in [0, 0.05) is 55.8 Å². The minimum atomic E-state index is 0.0983. The van der Waals surface area contributed by atoms with Crippen LogP contribution in [0, 0.1) is 13.8 Å². The average molecular weight is 378 g/mol. The molecule has 2 aromatic carbocycles. The van der Waals surface area contributed by atoms with Gasteiger partial charge in [-0.2, -0.15) is 0 Å². The van der Waals surface area contributed by atoms with Gasteiger partial charge in [-0.25, -0.2) is 0 Å².